The van der Waals surface area contributed by atoms with Gasteiger partial charge in [0.15, 0.2) is 0 Å². The van der Waals surface area contributed by atoms with E-state index in [9.17, 15) is 9.90 Å². The molecule has 0 amide bonds. The first kappa shape index (κ1) is 21.8. The second kappa shape index (κ2) is 7.71. The molecule has 6 nitrogen and oxygen atoms in total. The second-order valence-electron chi connectivity index (χ2n) is 9.72. The van der Waals surface area contributed by atoms with Gasteiger partial charge in [0.05, 0.1) is 24.2 Å². The van der Waals surface area contributed by atoms with Crippen molar-refractivity contribution >= 4 is 5.97 Å². The van der Waals surface area contributed by atoms with Crippen molar-refractivity contribution in [3.05, 3.63) is 11.6 Å². The van der Waals surface area contributed by atoms with Crippen LogP contribution < -0.4 is 0 Å². The highest BCUT2D eigenvalue weighted by atomic mass is 16.6. The minimum atomic E-state index is -0.881. The Kier molecular flexibility index (Phi) is 5.99. The van der Waals surface area contributed by atoms with Crippen molar-refractivity contribution in [1.82, 2.24) is 0 Å². The Morgan fingerprint density at radius 3 is 2.57 bits per heavy atom. The van der Waals surface area contributed by atoms with E-state index in [0.29, 0.717) is 13.0 Å². The first-order valence-electron chi connectivity index (χ1n) is 10.4. The van der Waals surface area contributed by atoms with Crippen molar-refractivity contribution in [3.63, 3.8) is 0 Å². The predicted molar refractivity (Wildman–Crippen MR) is 105 cm³/mol. The predicted octanol–water partition coefficient (Wildman–Crippen LogP) is 3.16. The molecule has 0 aromatic rings. The average Bonchev–Trinajstić information content (AvgIpc) is 3.50. The van der Waals surface area contributed by atoms with Crippen LogP contribution in [0.2, 0.25) is 0 Å². The molecule has 0 aromatic carbocycles. The van der Waals surface area contributed by atoms with Gasteiger partial charge in [0, 0.05) is 13.5 Å². The first-order chi connectivity index (χ1) is 13.0. The van der Waals surface area contributed by atoms with Gasteiger partial charge in [-0.2, -0.15) is 0 Å². The van der Waals surface area contributed by atoms with Crippen LogP contribution in [0.3, 0.4) is 0 Å². The fourth-order valence-electron chi connectivity index (χ4n) is 4.71. The fourth-order valence-corrected chi connectivity index (χ4v) is 4.71. The van der Waals surface area contributed by atoms with Crippen molar-refractivity contribution in [1.29, 1.82) is 0 Å². The maximum atomic E-state index is 12.4. The second-order valence-corrected chi connectivity index (χ2v) is 9.72. The summed E-state index contributed by atoms with van der Waals surface area (Å²) in [5.74, 6) is -0.259. The van der Waals surface area contributed by atoms with E-state index in [1.54, 1.807) is 21.0 Å². The Hall–Kier alpha value is -0.950. The third kappa shape index (κ3) is 4.61. The van der Waals surface area contributed by atoms with E-state index >= 15 is 0 Å². The molecule has 2 unspecified atom stereocenters. The van der Waals surface area contributed by atoms with Crippen molar-refractivity contribution < 1.29 is 28.8 Å². The molecule has 1 spiro atoms. The van der Waals surface area contributed by atoms with Gasteiger partial charge >= 0.3 is 5.97 Å². The van der Waals surface area contributed by atoms with Gasteiger partial charge < -0.3 is 24.1 Å². The molecule has 3 fully saturated rings. The van der Waals surface area contributed by atoms with Gasteiger partial charge in [-0.1, -0.05) is 11.6 Å². The summed E-state index contributed by atoms with van der Waals surface area (Å²) in [6.45, 7) is 10.4. The molecular formula is C22H36O6. The summed E-state index contributed by atoms with van der Waals surface area (Å²) in [6.07, 6.45) is 4.77. The van der Waals surface area contributed by atoms with E-state index in [2.05, 4.69) is 26.8 Å². The molecule has 6 atom stereocenters. The molecule has 0 aromatic heterocycles. The average molecular weight is 397 g/mol. The van der Waals surface area contributed by atoms with Gasteiger partial charge in [0.2, 0.25) is 0 Å². The number of hydrogen-bond donors (Lipinski definition) is 1. The third-order valence-corrected chi connectivity index (χ3v) is 6.46. The largest absolute Gasteiger partial charge is 0.460 e. The van der Waals surface area contributed by atoms with Crippen molar-refractivity contribution in [2.24, 2.45) is 5.92 Å². The quantitative estimate of drug-likeness (QED) is 0.386. The lowest BCUT2D eigenvalue weighted by molar-refractivity contribution is -0.172. The Morgan fingerprint density at radius 2 is 2.04 bits per heavy atom. The van der Waals surface area contributed by atoms with Crippen LogP contribution in [0.25, 0.3) is 0 Å². The van der Waals surface area contributed by atoms with Crippen LogP contribution in [-0.4, -0.2) is 59.9 Å². The van der Waals surface area contributed by atoms with Crippen LogP contribution in [0.15, 0.2) is 11.6 Å². The van der Waals surface area contributed by atoms with Crippen LogP contribution in [0.5, 0.6) is 0 Å². The van der Waals surface area contributed by atoms with Crippen molar-refractivity contribution in [3.8, 4) is 0 Å². The first-order valence-corrected chi connectivity index (χ1v) is 10.4. The Bertz CT molecular complexity index is 613. The molecule has 2 saturated heterocycles. The van der Waals surface area contributed by atoms with Crippen LogP contribution in [0.1, 0.15) is 66.7 Å². The molecule has 28 heavy (non-hydrogen) atoms. The summed E-state index contributed by atoms with van der Waals surface area (Å²) < 4.78 is 23.8. The topological polar surface area (TPSA) is 80.8 Å². The number of allylic oxidation sites excluding steroid dienone is 1. The van der Waals surface area contributed by atoms with Crippen LogP contribution >= 0.6 is 0 Å². The molecule has 3 aliphatic rings. The van der Waals surface area contributed by atoms with Gasteiger partial charge in [0.25, 0.3) is 0 Å². The molecule has 160 valence electrons. The highest BCUT2D eigenvalue weighted by molar-refractivity contribution is 5.69. The minimum absolute atomic E-state index is 0.0291. The summed E-state index contributed by atoms with van der Waals surface area (Å²) in [7, 11) is 1.67. The molecule has 0 radical (unpaired) electrons. The number of hydrogen-bond acceptors (Lipinski definition) is 6. The van der Waals surface area contributed by atoms with E-state index in [1.165, 1.54) is 5.57 Å². The number of ether oxygens (including phenoxy) is 4. The number of carbonyl (C=O) groups excluding carboxylic acids is 1. The molecule has 1 N–H and O–H groups in total. The molecule has 1 aliphatic carbocycles. The van der Waals surface area contributed by atoms with Crippen molar-refractivity contribution in [2.75, 3.05) is 13.7 Å². The third-order valence-electron chi connectivity index (χ3n) is 6.46. The van der Waals surface area contributed by atoms with Gasteiger partial charge in [-0.05, 0) is 60.3 Å². The normalized spacial score (nSPS) is 39.5. The van der Waals surface area contributed by atoms with E-state index in [4.69, 9.17) is 18.9 Å². The molecule has 2 aliphatic heterocycles. The number of esters is 1. The fraction of sp³-hybridized carbons (Fsp3) is 0.864. The zero-order valence-electron chi connectivity index (χ0n) is 18.1. The number of epoxide rings is 2. The Morgan fingerprint density at radius 1 is 1.36 bits per heavy atom. The monoisotopic (exact) mass is 396 g/mol. The number of rotatable bonds is 8. The molecular weight excluding hydrogens is 360 g/mol. The van der Waals surface area contributed by atoms with Crippen molar-refractivity contribution in [2.45, 2.75) is 102 Å². The number of methoxy groups -OCH3 is 1. The maximum Gasteiger partial charge on any atom is 0.306 e. The lowest BCUT2D eigenvalue weighted by Crippen LogP contribution is -2.55. The van der Waals surface area contributed by atoms with Gasteiger partial charge in [-0.25, -0.2) is 0 Å². The molecule has 6 heteroatoms. The Balaban J connectivity index is 1.69. The van der Waals surface area contributed by atoms with Gasteiger partial charge in [-0.15, -0.1) is 0 Å². The zero-order chi connectivity index (χ0) is 20.7. The lowest BCUT2D eigenvalue weighted by atomic mass is 9.68. The number of carbonyl (C=O) groups is 1. The Labute approximate surface area is 168 Å². The molecule has 2 heterocycles. The maximum absolute atomic E-state index is 12.4. The standard InChI is InChI=1S/C22H36O6/c1-14(2)7-8-16-21(5,28-16)19-18(25-6)15(9-12-22(19)13-26-22)27-17(23)10-11-20(3,4)24/h7,15-16,18-19,24H,8-13H2,1-6H3/t15-,16-,18?,19-,21+,22?/m1/s1. The zero-order valence-corrected chi connectivity index (χ0v) is 18.1. The van der Waals surface area contributed by atoms with E-state index in [-0.39, 0.29) is 47.8 Å². The van der Waals surface area contributed by atoms with E-state index in [0.717, 1.165) is 19.3 Å². The van der Waals surface area contributed by atoms with E-state index in [1.807, 2.05) is 0 Å². The summed E-state index contributed by atoms with van der Waals surface area (Å²) in [5.41, 5.74) is -0.151. The summed E-state index contributed by atoms with van der Waals surface area (Å²) in [6, 6.07) is 0. The minimum Gasteiger partial charge on any atom is -0.460 e. The van der Waals surface area contributed by atoms with E-state index < -0.39 is 5.60 Å². The van der Waals surface area contributed by atoms with Gasteiger partial charge in [0.1, 0.15) is 23.4 Å². The SMILES string of the molecule is COC1[C@H](OC(=O)CCC(C)(C)O)CCC2(CO2)[C@H]1[C@@]1(C)O[C@@H]1CC=C(C)C. The highest BCUT2D eigenvalue weighted by Gasteiger charge is 2.72. The number of aliphatic hydroxyl groups is 1. The van der Waals surface area contributed by atoms with Crippen LogP contribution in [-0.2, 0) is 23.7 Å². The van der Waals surface area contributed by atoms with Gasteiger partial charge in [-0.3, -0.25) is 4.79 Å². The molecule has 1 saturated carbocycles. The van der Waals surface area contributed by atoms with Crippen LogP contribution in [0, 0.1) is 5.92 Å². The summed E-state index contributed by atoms with van der Waals surface area (Å²) in [5, 5.41) is 9.85. The summed E-state index contributed by atoms with van der Waals surface area (Å²) >= 11 is 0. The highest BCUT2D eigenvalue weighted by Crippen LogP contribution is 2.59. The summed E-state index contributed by atoms with van der Waals surface area (Å²) in [4.78, 5) is 12.4. The lowest BCUT2D eigenvalue weighted by Gasteiger charge is -2.42. The smallest absolute Gasteiger partial charge is 0.306 e. The molecule has 0 bridgehead atoms. The molecule has 3 rings (SSSR count). The van der Waals surface area contributed by atoms with Crippen LogP contribution in [0.4, 0.5) is 0 Å².